The van der Waals surface area contributed by atoms with Crippen molar-refractivity contribution in [3.8, 4) is 0 Å². The van der Waals surface area contributed by atoms with Crippen LogP contribution in [0, 0.1) is 10.8 Å². The highest BCUT2D eigenvalue weighted by Gasteiger charge is 2.75. The second-order valence-electron chi connectivity index (χ2n) is 9.04. The second kappa shape index (κ2) is 6.54. The molecule has 2 fully saturated rings. The van der Waals surface area contributed by atoms with E-state index in [1.54, 1.807) is 6.92 Å². The Morgan fingerprint density at radius 2 is 2.00 bits per heavy atom. The minimum Gasteiger partial charge on any atom is -0.462 e. The number of ether oxygens (including phenoxy) is 2. The van der Waals surface area contributed by atoms with Gasteiger partial charge in [0.1, 0.15) is 5.00 Å². The normalized spacial score (nSPS) is 30.0. The van der Waals surface area contributed by atoms with Crippen LogP contribution in [0.1, 0.15) is 61.3 Å². The number of amides is 1. The van der Waals surface area contributed by atoms with Gasteiger partial charge in [0, 0.05) is 23.4 Å². The molecule has 1 aromatic heterocycles. The first-order valence-corrected chi connectivity index (χ1v) is 10.9. The number of fused-ring (bicyclic) bond motifs is 3. The molecule has 1 saturated heterocycles. The van der Waals surface area contributed by atoms with Crippen LogP contribution in [0.25, 0.3) is 0 Å². The fraction of sp³-hybridized carbons (Fsp3) is 0.667. The molecule has 2 bridgehead atoms. The van der Waals surface area contributed by atoms with Crippen LogP contribution in [0.15, 0.2) is 0 Å². The molecule has 3 aliphatic rings. The lowest BCUT2D eigenvalue weighted by Gasteiger charge is -2.35. The summed E-state index contributed by atoms with van der Waals surface area (Å²) in [5.74, 6) is -1.09. The van der Waals surface area contributed by atoms with Crippen molar-refractivity contribution in [2.45, 2.75) is 59.1 Å². The number of hydrogen-bond acceptors (Lipinski definition) is 7. The molecule has 2 aliphatic heterocycles. The number of nitrogens with zero attached hydrogens (tertiary/aromatic N) is 1. The Hall–Kier alpha value is -1.93. The second-order valence-corrected chi connectivity index (χ2v) is 10.1. The molecule has 1 N–H and O–H groups in total. The summed E-state index contributed by atoms with van der Waals surface area (Å²) in [6.07, 6.45) is 1.83. The average Bonchev–Trinajstić information content (AvgIpc) is 3.14. The number of nitrogens with one attached hydrogen (secondary N) is 1. The van der Waals surface area contributed by atoms with Crippen molar-refractivity contribution in [1.82, 2.24) is 4.90 Å². The number of hydrogen-bond donors (Lipinski definition) is 1. The van der Waals surface area contributed by atoms with Gasteiger partial charge in [-0.25, -0.2) is 4.79 Å². The molecule has 4 rings (SSSR count). The smallest absolute Gasteiger partial charge is 0.341 e. The highest BCUT2D eigenvalue weighted by Crippen LogP contribution is 2.65. The number of anilines is 1. The van der Waals surface area contributed by atoms with Gasteiger partial charge in [0.15, 0.2) is 5.60 Å². The highest BCUT2D eigenvalue weighted by atomic mass is 32.1. The van der Waals surface area contributed by atoms with Gasteiger partial charge in [-0.3, -0.25) is 9.59 Å². The molecule has 7 nitrogen and oxygen atoms in total. The van der Waals surface area contributed by atoms with E-state index in [9.17, 15) is 14.4 Å². The van der Waals surface area contributed by atoms with E-state index in [-0.39, 0.29) is 18.5 Å². The Morgan fingerprint density at radius 1 is 1.28 bits per heavy atom. The van der Waals surface area contributed by atoms with Crippen molar-refractivity contribution in [3.63, 3.8) is 0 Å². The lowest BCUT2D eigenvalue weighted by molar-refractivity contribution is -0.165. The number of thiophene rings is 1. The molecule has 0 aromatic carbocycles. The number of esters is 2. The third-order valence-electron chi connectivity index (χ3n) is 7.40. The fourth-order valence-electron chi connectivity index (χ4n) is 4.99. The number of carbonyl (C=O) groups excluding carboxylic acids is 3. The van der Waals surface area contributed by atoms with Crippen LogP contribution in [0.3, 0.4) is 0 Å². The number of likely N-dealkylation sites (N-methyl/N-ethyl adjacent to an activating group) is 1. The number of rotatable bonds is 4. The summed E-state index contributed by atoms with van der Waals surface area (Å²) in [6, 6.07) is 0. The largest absolute Gasteiger partial charge is 0.462 e. The maximum atomic E-state index is 13.5. The monoisotopic (exact) mass is 420 g/mol. The summed E-state index contributed by atoms with van der Waals surface area (Å²) in [7, 11) is 2.03. The maximum absolute atomic E-state index is 13.5. The van der Waals surface area contributed by atoms with E-state index in [1.807, 2.05) is 27.8 Å². The Balaban J connectivity index is 1.71. The van der Waals surface area contributed by atoms with Gasteiger partial charge in [-0.05, 0) is 45.7 Å². The minimum absolute atomic E-state index is 0.268. The number of carbonyl (C=O) groups is 3. The van der Waals surface area contributed by atoms with E-state index in [2.05, 4.69) is 10.2 Å². The zero-order chi connectivity index (χ0) is 21.2. The first-order chi connectivity index (χ1) is 13.6. The van der Waals surface area contributed by atoms with Crippen molar-refractivity contribution < 1.29 is 23.9 Å². The molecule has 8 heteroatoms. The van der Waals surface area contributed by atoms with Crippen molar-refractivity contribution in [2.75, 3.05) is 25.5 Å². The topological polar surface area (TPSA) is 84.9 Å². The maximum Gasteiger partial charge on any atom is 0.341 e. The quantitative estimate of drug-likeness (QED) is 0.754. The summed E-state index contributed by atoms with van der Waals surface area (Å²) in [4.78, 5) is 41.9. The highest BCUT2D eigenvalue weighted by molar-refractivity contribution is 7.17. The van der Waals surface area contributed by atoms with E-state index in [1.165, 1.54) is 11.3 Å². The zero-order valence-corrected chi connectivity index (χ0v) is 18.5. The molecule has 158 valence electrons. The first-order valence-electron chi connectivity index (χ1n) is 10.1. The molecule has 1 saturated carbocycles. The van der Waals surface area contributed by atoms with Crippen LogP contribution in [-0.2, 0) is 32.0 Å². The van der Waals surface area contributed by atoms with Crippen molar-refractivity contribution in [1.29, 1.82) is 0 Å². The summed E-state index contributed by atoms with van der Waals surface area (Å²) in [5, 5.41) is 3.45. The molecule has 3 heterocycles. The SMILES string of the molecule is CCOC(=O)c1c(NC(=O)[C@]23CC[C@](C)(C(=O)O2)C3(C)C)sc2c1CCN(C)C2. The van der Waals surface area contributed by atoms with E-state index in [0.29, 0.717) is 23.4 Å². The van der Waals surface area contributed by atoms with Gasteiger partial charge in [0.05, 0.1) is 17.6 Å². The Kier molecular flexibility index (Phi) is 4.59. The van der Waals surface area contributed by atoms with Crippen LogP contribution < -0.4 is 5.32 Å². The summed E-state index contributed by atoms with van der Waals surface area (Å²) in [5.41, 5.74) is -1.12. The van der Waals surface area contributed by atoms with Gasteiger partial charge in [-0.2, -0.15) is 0 Å². The van der Waals surface area contributed by atoms with Gasteiger partial charge in [0.25, 0.3) is 5.91 Å². The summed E-state index contributed by atoms with van der Waals surface area (Å²) >= 11 is 1.41. The Labute approximate surface area is 174 Å². The van der Waals surface area contributed by atoms with E-state index in [4.69, 9.17) is 9.47 Å². The predicted molar refractivity (Wildman–Crippen MR) is 109 cm³/mol. The van der Waals surface area contributed by atoms with Gasteiger partial charge in [-0.1, -0.05) is 13.8 Å². The molecule has 0 spiro atoms. The van der Waals surface area contributed by atoms with Gasteiger partial charge in [-0.15, -0.1) is 11.3 Å². The standard InChI is InChI=1S/C21H28N2O5S/c1-6-27-16(24)14-12-7-10-23(5)11-13(12)29-15(14)22-17(25)21-9-8-20(4,18(26)28-21)19(21,2)3/h6-11H2,1-5H3,(H,22,25)/t20-,21+/m1/s1. The minimum atomic E-state index is -1.22. The van der Waals surface area contributed by atoms with Crippen molar-refractivity contribution in [2.24, 2.45) is 10.8 Å². The molecule has 1 amide bonds. The molecule has 0 radical (unpaired) electrons. The van der Waals surface area contributed by atoms with E-state index < -0.39 is 22.4 Å². The summed E-state index contributed by atoms with van der Waals surface area (Å²) in [6.45, 7) is 9.32. The molecule has 0 unspecified atom stereocenters. The average molecular weight is 421 g/mol. The zero-order valence-electron chi connectivity index (χ0n) is 17.6. The van der Waals surface area contributed by atoms with Gasteiger partial charge in [0.2, 0.25) is 0 Å². The van der Waals surface area contributed by atoms with E-state index >= 15 is 0 Å². The molecular formula is C21H28N2O5S. The Bertz CT molecular complexity index is 907. The van der Waals surface area contributed by atoms with Crippen LogP contribution in [-0.4, -0.2) is 48.5 Å². The Morgan fingerprint density at radius 3 is 2.59 bits per heavy atom. The molecule has 1 aliphatic carbocycles. The lowest BCUT2D eigenvalue weighted by Crippen LogP contribution is -2.50. The van der Waals surface area contributed by atoms with Crippen molar-refractivity contribution in [3.05, 3.63) is 16.0 Å². The first kappa shape index (κ1) is 20.3. The van der Waals surface area contributed by atoms with Crippen molar-refractivity contribution >= 4 is 34.2 Å². The van der Waals surface area contributed by atoms with Crippen LogP contribution in [0.5, 0.6) is 0 Å². The third kappa shape index (κ3) is 2.61. The van der Waals surface area contributed by atoms with Crippen LogP contribution in [0.2, 0.25) is 0 Å². The van der Waals surface area contributed by atoms with Gasteiger partial charge >= 0.3 is 11.9 Å². The fourth-order valence-corrected chi connectivity index (χ4v) is 6.30. The van der Waals surface area contributed by atoms with Crippen LogP contribution >= 0.6 is 11.3 Å². The van der Waals surface area contributed by atoms with E-state index in [0.717, 1.165) is 30.0 Å². The molecule has 29 heavy (non-hydrogen) atoms. The third-order valence-corrected chi connectivity index (χ3v) is 8.54. The van der Waals surface area contributed by atoms with Crippen LogP contribution in [0.4, 0.5) is 5.00 Å². The molecule has 2 atom stereocenters. The van der Waals surface area contributed by atoms with Gasteiger partial charge < -0.3 is 19.7 Å². The molecule has 1 aromatic rings. The summed E-state index contributed by atoms with van der Waals surface area (Å²) < 4.78 is 11.0. The molecular weight excluding hydrogens is 392 g/mol. The predicted octanol–water partition coefficient (Wildman–Crippen LogP) is 2.97. The lowest BCUT2D eigenvalue weighted by atomic mass is 9.66.